The summed E-state index contributed by atoms with van der Waals surface area (Å²) in [5, 5.41) is 20.2. The van der Waals surface area contributed by atoms with Gasteiger partial charge < -0.3 is 15.6 Å². The van der Waals surface area contributed by atoms with Crippen LogP contribution in [0.5, 0.6) is 11.5 Å². The molecule has 6 heteroatoms. The third-order valence-corrected chi connectivity index (χ3v) is 2.01. The molecule has 82 valence electrons. The Hall–Kier alpha value is -1.82. The second-order valence-electron chi connectivity index (χ2n) is 3.13. The highest BCUT2D eigenvalue weighted by Gasteiger charge is 2.18. The molecule has 0 heterocycles. The Labute approximate surface area is 86.4 Å². The van der Waals surface area contributed by atoms with E-state index in [2.05, 4.69) is 0 Å². The molecular formula is C9H12N2O4. The molecule has 0 aromatic heterocycles. The number of benzene rings is 1. The molecule has 0 amide bonds. The maximum atomic E-state index is 10.6. The summed E-state index contributed by atoms with van der Waals surface area (Å²) in [7, 11) is 1.32. The topological polar surface area (TPSA) is 98.6 Å². The van der Waals surface area contributed by atoms with Gasteiger partial charge in [0.2, 0.25) is 0 Å². The number of nitrogens with two attached hydrogens (primary N) is 1. The molecule has 0 radical (unpaired) electrons. The minimum Gasteiger partial charge on any atom is -0.504 e. The summed E-state index contributed by atoms with van der Waals surface area (Å²) >= 11 is 0. The molecule has 0 spiro atoms. The maximum Gasteiger partial charge on any atom is 0.273 e. The van der Waals surface area contributed by atoms with Gasteiger partial charge >= 0.3 is 0 Å². The van der Waals surface area contributed by atoms with Gasteiger partial charge in [-0.3, -0.25) is 10.1 Å². The quantitative estimate of drug-likeness (QED) is 0.581. The first-order valence-corrected chi connectivity index (χ1v) is 4.28. The van der Waals surface area contributed by atoms with Crippen LogP contribution in [0.1, 0.15) is 18.5 Å². The standard InChI is InChI=1S/C9H12N2O4/c1-5(10)7-3-6(11(13)14)4-8(15-2)9(7)12/h3-5,12H,10H2,1-2H3/t5-/m1/s1. The van der Waals surface area contributed by atoms with Crippen LogP contribution in [-0.2, 0) is 0 Å². The smallest absolute Gasteiger partial charge is 0.273 e. The van der Waals surface area contributed by atoms with Crippen molar-refractivity contribution in [3.8, 4) is 11.5 Å². The molecular weight excluding hydrogens is 200 g/mol. The molecule has 0 aliphatic heterocycles. The average Bonchev–Trinajstić information content (AvgIpc) is 2.17. The zero-order valence-electron chi connectivity index (χ0n) is 8.43. The summed E-state index contributed by atoms with van der Waals surface area (Å²) in [4.78, 5) is 10.0. The lowest BCUT2D eigenvalue weighted by Crippen LogP contribution is -2.06. The monoisotopic (exact) mass is 212 g/mol. The fourth-order valence-corrected chi connectivity index (χ4v) is 1.22. The average molecular weight is 212 g/mol. The maximum absolute atomic E-state index is 10.6. The van der Waals surface area contributed by atoms with Crippen molar-refractivity contribution in [2.45, 2.75) is 13.0 Å². The van der Waals surface area contributed by atoms with Gasteiger partial charge in [-0.15, -0.1) is 0 Å². The normalized spacial score (nSPS) is 12.2. The highest BCUT2D eigenvalue weighted by atomic mass is 16.6. The number of hydrogen-bond donors (Lipinski definition) is 2. The van der Waals surface area contributed by atoms with Crippen LogP contribution in [0.2, 0.25) is 0 Å². The predicted octanol–water partition coefficient (Wildman–Crippen LogP) is 1.33. The van der Waals surface area contributed by atoms with Crippen molar-refractivity contribution >= 4 is 5.69 Å². The van der Waals surface area contributed by atoms with Crippen LogP contribution in [0, 0.1) is 10.1 Å². The zero-order chi connectivity index (χ0) is 11.6. The molecule has 1 aromatic carbocycles. The Morgan fingerprint density at radius 2 is 2.20 bits per heavy atom. The van der Waals surface area contributed by atoms with Gasteiger partial charge in [0.15, 0.2) is 11.5 Å². The summed E-state index contributed by atoms with van der Waals surface area (Å²) < 4.78 is 4.82. The molecule has 15 heavy (non-hydrogen) atoms. The fraction of sp³-hybridized carbons (Fsp3) is 0.333. The summed E-state index contributed by atoms with van der Waals surface area (Å²) in [6.07, 6.45) is 0. The van der Waals surface area contributed by atoms with E-state index in [0.717, 1.165) is 6.07 Å². The molecule has 1 aromatic rings. The second-order valence-corrected chi connectivity index (χ2v) is 3.13. The Morgan fingerprint density at radius 1 is 1.60 bits per heavy atom. The van der Waals surface area contributed by atoms with Crippen LogP contribution in [0.25, 0.3) is 0 Å². The van der Waals surface area contributed by atoms with E-state index in [1.54, 1.807) is 6.92 Å². The highest BCUT2D eigenvalue weighted by Crippen LogP contribution is 2.36. The number of non-ortho nitro benzene ring substituents is 1. The summed E-state index contributed by atoms with van der Waals surface area (Å²) in [5.74, 6) is -0.102. The predicted molar refractivity (Wildman–Crippen MR) is 53.9 cm³/mol. The van der Waals surface area contributed by atoms with Gasteiger partial charge in [0, 0.05) is 17.7 Å². The number of aromatic hydroxyl groups is 1. The third-order valence-electron chi connectivity index (χ3n) is 2.01. The van der Waals surface area contributed by atoms with Crippen LogP contribution >= 0.6 is 0 Å². The van der Waals surface area contributed by atoms with Crippen LogP contribution in [0.3, 0.4) is 0 Å². The number of rotatable bonds is 3. The summed E-state index contributed by atoms with van der Waals surface area (Å²) in [6, 6.07) is 1.89. The Morgan fingerprint density at radius 3 is 2.60 bits per heavy atom. The van der Waals surface area contributed by atoms with E-state index in [-0.39, 0.29) is 17.2 Å². The van der Waals surface area contributed by atoms with Crippen LogP contribution in [-0.4, -0.2) is 17.1 Å². The number of nitro benzene ring substituents is 1. The zero-order valence-corrected chi connectivity index (χ0v) is 8.43. The number of hydrogen-bond acceptors (Lipinski definition) is 5. The second kappa shape index (κ2) is 4.14. The lowest BCUT2D eigenvalue weighted by molar-refractivity contribution is -0.385. The number of ether oxygens (including phenoxy) is 1. The molecule has 1 atom stereocenters. The first-order valence-electron chi connectivity index (χ1n) is 4.28. The Balaban J connectivity index is 3.38. The van der Waals surface area contributed by atoms with Crippen molar-refractivity contribution < 1.29 is 14.8 Å². The number of nitrogens with zero attached hydrogens (tertiary/aromatic N) is 1. The van der Waals surface area contributed by atoms with E-state index in [4.69, 9.17) is 10.5 Å². The minimum absolute atomic E-state index is 0.0523. The van der Waals surface area contributed by atoms with E-state index in [0.29, 0.717) is 5.56 Å². The van der Waals surface area contributed by atoms with Gasteiger partial charge in [0.05, 0.1) is 18.1 Å². The molecule has 0 aliphatic rings. The van der Waals surface area contributed by atoms with E-state index in [1.807, 2.05) is 0 Å². The van der Waals surface area contributed by atoms with Gasteiger partial charge in [-0.05, 0) is 6.92 Å². The lowest BCUT2D eigenvalue weighted by Gasteiger charge is -2.11. The first kappa shape index (κ1) is 11.3. The largest absolute Gasteiger partial charge is 0.504 e. The summed E-state index contributed by atoms with van der Waals surface area (Å²) in [6.45, 7) is 1.62. The first-order chi connectivity index (χ1) is 6.97. The van der Waals surface area contributed by atoms with E-state index >= 15 is 0 Å². The SMILES string of the molecule is COc1cc([N+](=O)[O-])cc([C@@H](C)N)c1O. The molecule has 6 nitrogen and oxygen atoms in total. The summed E-state index contributed by atoms with van der Waals surface area (Å²) in [5.41, 5.74) is 5.71. The molecule has 1 rings (SSSR count). The number of phenols is 1. The molecule has 0 fully saturated rings. The van der Waals surface area contributed by atoms with Gasteiger partial charge in [-0.25, -0.2) is 0 Å². The van der Waals surface area contributed by atoms with Gasteiger partial charge in [-0.2, -0.15) is 0 Å². The van der Waals surface area contributed by atoms with Crippen molar-refractivity contribution in [2.24, 2.45) is 5.73 Å². The number of nitro groups is 1. The molecule has 0 bridgehead atoms. The van der Waals surface area contributed by atoms with E-state index in [9.17, 15) is 15.2 Å². The van der Waals surface area contributed by atoms with Crippen LogP contribution in [0.4, 0.5) is 5.69 Å². The van der Waals surface area contributed by atoms with Crippen molar-refractivity contribution in [2.75, 3.05) is 7.11 Å². The van der Waals surface area contributed by atoms with Crippen molar-refractivity contribution in [1.29, 1.82) is 0 Å². The van der Waals surface area contributed by atoms with E-state index < -0.39 is 11.0 Å². The van der Waals surface area contributed by atoms with Crippen LogP contribution < -0.4 is 10.5 Å². The van der Waals surface area contributed by atoms with Crippen molar-refractivity contribution in [3.05, 3.63) is 27.8 Å². The molecule has 0 aliphatic carbocycles. The van der Waals surface area contributed by atoms with Crippen LogP contribution in [0.15, 0.2) is 12.1 Å². The lowest BCUT2D eigenvalue weighted by atomic mass is 10.1. The van der Waals surface area contributed by atoms with Gasteiger partial charge in [0.25, 0.3) is 5.69 Å². The highest BCUT2D eigenvalue weighted by molar-refractivity contribution is 5.54. The Bertz CT molecular complexity index is 390. The number of methoxy groups -OCH3 is 1. The van der Waals surface area contributed by atoms with Crippen molar-refractivity contribution in [3.63, 3.8) is 0 Å². The Kier molecular flexibility index (Phi) is 3.11. The van der Waals surface area contributed by atoms with Gasteiger partial charge in [-0.1, -0.05) is 0 Å². The van der Waals surface area contributed by atoms with E-state index in [1.165, 1.54) is 13.2 Å². The minimum atomic E-state index is -0.562. The fourth-order valence-electron chi connectivity index (χ4n) is 1.22. The molecule has 3 N–H and O–H groups in total. The molecule has 0 saturated heterocycles. The van der Waals surface area contributed by atoms with Crippen molar-refractivity contribution in [1.82, 2.24) is 0 Å². The van der Waals surface area contributed by atoms with Gasteiger partial charge in [0.1, 0.15) is 0 Å². The number of phenolic OH excluding ortho intramolecular Hbond substituents is 1. The molecule has 0 saturated carbocycles. The molecule has 0 unspecified atom stereocenters. The third kappa shape index (κ3) is 2.16.